The summed E-state index contributed by atoms with van der Waals surface area (Å²) < 4.78 is 26.7. The maximum atomic E-state index is 12.6. The van der Waals surface area contributed by atoms with Crippen LogP contribution in [0, 0.1) is 11.3 Å². The van der Waals surface area contributed by atoms with Gasteiger partial charge in [0.1, 0.15) is 0 Å². The maximum absolute atomic E-state index is 12.6. The molecular weight excluding hydrogens is 298 g/mol. The number of nitriles is 1. The molecule has 1 unspecified atom stereocenters. The number of benzene rings is 1. The van der Waals surface area contributed by atoms with E-state index in [2.05, 4.69) is 0 Å². The van der Waals surface area contributed by atoms with Crippen LogP contribution in [0.4, 0.5) is 0 Å². The molecule has 1 aliphatic rings. The maximum Gasteiger partial charge on any atom is 0.243 e. The highest BCUT2D eigenvalue weighted by Crippen LogP contribution is 2.25. The predicted molar refractivity (Wildman–Crippen MR) is 79.0 cm³/mol. The fourth-order valence-corrected chi connectivity index (χ4v) is 4.14. The number of nitrogens with zero attached hydrogens (tertiary/aromatic N) is 2. The zero-order valence-corrected chi connectivity index (χ0v) is 12.7. The number of nitrogens with two attached hydrogens (primary N) is 1. The van der Waals surface area contributed by atoms with Crippen molar-refractivity contribution < 1.29 is 8.42 Å². The molecule has 1 saturated heterocycles. The van der Waals surface area contributed by atoms with Gasteiger partial charge in [0.05, 0.1) is 16.5 Å². The summed E-state index contributed by atoms with van der Waals surface area (Å²) in [6.07, 6.45) is 2.66. The monoisotopic (exact) mass is 315 g/mol. The van der Waals surface area contributed by atoms with Crippen molar-refractivity contribution in [3.63, 3.8) is 0 Å². The van der Waals surface area contributed by atoms with Gasteiger partial charge >= 0.3 is 0 Å². The smallest absolute Gasteiger partial charge is 0.243 e. The molecule has 0 amide bonds. The Morgan fingerprint density at radius 1 is 1.40 bits per heavy atom. The molecule has 1 fully saturated rings. The highest BCUT2D eigenvalue weighted by molar-refractivity contribution is 7.89. The Hall–Kier alpha value is -1.13. The molecular formula is C13H18ClN3O2S. The quantitative estimate of drug-likeness (QED) is 0.915. The summed E-state index contributed by atoms with van der Waals surface area (Å²) in [5, 5.41) is 8.86. The summed E-state index contributed by atoms with van der Waals surface area (Å²) in [7, 11) is -3.55. The van der Waals surface area contributed by atoms with Crippen LogP contribution >= 0.6 is 12.4 Å². The normalized spacial score (nSPS) is 19.9. The van der Waals surface area contributed by atoms with Crippen molar-refractivity contribution in [2.24, 2.45) is 5.73 Å². The summed E-state index contributed by atoms with van der Waals surface area (Å²) >= 11 is 0. The molecule has 2 N–H and O–H groups in total. The first-order chi connectivity index (χ1) is 9.09. The van der Waals surface area contributed by atoms with Gasteiger partial charge in [-0.1, -0.05) is 12.5 Å². The average molecular weight is 316 g/mol. The lowest BCUT2D eigenvalue weighted by Crippen LogP contribution is -2.47. The van der Waals surface area contributed by atoms with Gasteiger partial charge in [-0.15, -0.1) is 12.4 Å². The van der Waals surface area contributed by atoms with Gasteiger partial charge in [-0.05, 0) is 31.0 Å². The minimum absolute atomic E-state index is 0. The Bertz CT molecular complexity index is 598. The van der Waals surface area contributed by atoms with E-state index >= 15 is 0 Å². The number of sulfonamides is 1. The van der Waals surface area contributed by atoms with Crippen molar-refractivity contribution in [2.75, 3.05) is 13.1 Å². The summed E-state index contributed by atoms with van der Waals surface area (Å²) in [6, 6.07) is 7.95. The zero-order valence-electron chi connectivity index (χ0n) is 11.0. The van der Waals surface area contributed by atoms with Crippen molar-refractivity contribution in [2.45, 2.75) is 30.2 Å². The minimum atomic E-state index is -3.55. The molecule has 1 atom stereocenters. The van der Waals surface area contributed by atoms with E-state index in [1.54, 1.807) is 12.1 Å². The van der Waals surface area contributed by atoms with Crippen LogP contribution < -0.4 is 5.73 Å². The molecule has 1 aromatic carbocycles. The fraction of sp³-hybridized carbons (Fsp3) is 0.462. The second-order valence-corrected chi connectivity index (χ2v) is 6.53. The van der Waals surface area contributed by atoms with Crippen LogP contribution in [0.2, 0.25) is 0 Å². The standard InChI is InChI=1S/C13H17N3O2S.ClH/c14-9-11-4-3-6-13(8-11)19(17,18)16-7-2-1-5-12(16)10-15;/h3-4,6,8,12H,1-2,5,7,10,15H2;1H. The Labute approximate surface area is 125 Å². The third kappa shape index (κ3) is 3.30. The van der Waals surface area contributed by atoms with Crippen molar-refractivity contribution >= 4 is 22.4 Å². The van der Waals surface area contributed by atoms with Crippen LogP contribution in [0.25, 0.3) is 0 Å². The summed E-state index contributed by atoms with van der Waals surface area (Å²) in [4.78, 5) is 0.173. The molecule has 0 aromatic heterocycles. The predicted octanol–water partition coefficient (Wildman–Crippen LogP) is 1.48. The van der Waals surface area contributed by atoms with Crippen molar-refractivity contribution in [1.82, 2.24) is 4.31 Å². The van der Waals surface area contributed by atoms with E-state index in [1.165, 1.54) is 16.4 Å². The van der Waals surface area contributed by atoms with Gasteiger partial charge < -0.3 is 5.73 Å². The first-order valence-electron chi connectivity index (χ1n) is 6.31. The van der Waals surface area contributed by atoms with E-state index in [9.17, 15) is 8.42 Å². The first kappa shape index (κ1) is 16.9. The molecule has 0 aliphatic carbocycles. The second-order valence-electron chi connectivity index (χ2n) is 4.64. The Balaban J connectivity index is 0.00000200. The molecule has 110 valence electrons. The van der Waals surface area contributed by atoms with E-state index in [4.69, 9.17) is 11.0 Å². The van der Waals surface area contributed by atoms with Crippen LogP contribution in [0.15, 0.2) is 29.2 Å². The van der Waals surface area contributed by atoms with Crippen molar-refractivity contribution in [1.29, 1.82) is 5.26 Å². The topological polar surface area (TPSA) is 87.2 Å². The SMILES string of the molecule is Cl.N#Cc1cccc(S(=O)(=O)N2CCCCC2CN)c1. The van der Waals surface area contributed by atoms with E-state index in [0.29, 0.717) is 18.7 Å². The summed E-state index contributed by atoms with van der Waals surface area (Å²) in [6.45, 7) is 0.831. The molecule has 0 radical (unpaired) electrons. The third-order valence-corrected chi connectivity index (χ3v) is 5.36. The number of halogens is 1. The van der Waals surface area contributed by atoms with Crippen LogP contribution in [-0.2, 0) is 10.0 Å². The lowest BCUT2D eigenvalue weighted by atomic mass is 10.1. The van der Waals surface area contributed by atoms with Crippen LogP contribution in [-0.4, -0.2) is 31.9 Å². The minimum Gasteiger partial charge on any atom is -0.329 e. The molecule has 20 heavy (non-hydrogen) atoms. The molecule has 2 rings (SSSR count). The van der Waals surface area contributed by atoms with Gasteiger partial charge in [0.15, 0.2) is 0 Å². The number of hydrogen-bond acceptors (Lipinski definition) is 4. The van der Waals surface area contributed by atoms with Crippen LogP contribution in [0.1, 0.15) is 24.8 Å². The van der Waals surface area contributed by atoms with Crippen LogP contribution in [0.5, 0.6) is 0 Å². The summed E-state index contributed by atoms with van der Waals surface area (Å²) in [5.74, 6) is 0. The van der Waals surface area contributed by atoms with Crippen LogP contribution in [0.3, 0.4) is 0 Å². The zero-order chi connectivity index (χ0) is 13.9. The van der Waals surface area contributed by atoms with Gasteiger partial charge in [0.2, 0.25) is 10.0 Å². The number of rotatable bonds is 3. The van der Waals surface area contributed by atoms with Gasteiger partial charge in [-0.2, -0.15) is 9.57 Å². The first-order valence-corrected chi connectivity index (χ1v) is 7.75. The molecule has 0 bridgehead atoms. The molecule has 1 aromatic rings. The Morgan fingerprint density at radius 2 is 2.15 bits per heavy atom. The molecule has 0 spiro atoms. The van der Waals surface area contributed by atoms with Crippen molar-refractivity contribution in [3.05, 3.63) is 29.8 Å². The second kappa shape index (κ2) is 7.04. The van der Waals surface area contributed by atoms with Crippen molar-refractivity contribution in [3.8, 4) is 6.07 Å². The van der Waals surface area contributed by atoms with E-state index in [-0.39, 0.29) is 23.3 Å². The molecule has 1 aliphatic heterocycles. The average Bonchev–Trinajstić information content (AvgIpc) is 2.47. The largest absolute Gasteiger partial charge is 0.329 e. The Kier molecular flexibility index (Phi) is 5.96. The molecule has 0 saturated carbocycles. The third-order valence-electron chi connectivity index (χ3n) is 3.41. The molecule has 7 heteroatoms. The fourth-order valence-electron chi connectivity index (χ4n) is 2.39. The van der Waals surface area contributed by atoms with E-state index in [0.717, 1.165) is 19.3 Å². The van der Waals surface area contributed by atoms with Gasteiger partial charge in [0, 0.05) is 19.1 Å². The van der Waals surface area contributed by atoms with Gasteiger partial charge in [-0.25, -0.2) is 8.42 Å². The number of piperidine rings is 1. The molecule has 1 heterocycles. The van der Waals surface area contributed by atoms with Gasteiger partial charge in [-0.3, -0.25) is 0 Å². The highest BCUT2D eigenvalue weighted by Gasteiger charge is 2.32. The number of hydrogen-bond donors (Lipinski definition) is 1. The molecule has 5 nitrogen and oxygen atoms in total. The summed E-state index contributed by atoms with van der Waals surface area (Å²) in [5.41, 5.74) is 6.02. The lowest BCUT2D eigenvalue weighted by Gasteiger charge is -2.33. The van der Waals surface area contributed by atoms with Gasteiger partial charge in [0.25, 0.3) is 0 Å². The highest BCUT2D eigenvalue weighted by atomic mass is 35.5. The lowest BCUT2D eigenvalue weighted by molar-refractivity contribution is 0.257. The Morgan fingerprint density at radius 3 is 2.80 bits per heavy atom. The van der Waals surface area contributed by atoms with E-state index in [1.807, 2.05) is 6.07 Å². The van der Waals surface area contributed by atoms with E-state index < -0.39 is 10.0 Å².